The van der Waals surface area contributed by atoms with Gasteiger partial charge in [-0.05, 0) is 59.3 Å². The maximum absolute atomic E-state index is 13.2. The molecule has 2 heterocycles. The first-order valence-corrected chi connectivity index (χ1v) is 9.29. The number of benzene rings is 2. The number of nitriles is 1. The van der Waals surface area contributed by atoms with Gasteiger partial charge in [0.05, 0.1) is 23.9 Å². The van der Waals surface area contributed by atoms with Crippen LogP contribution in [0.15, 0.2) is 48.5 Å². The van der Waals surface area contributed by atoms with Crippen molar-refractivity contribution >= 4 is 11.9 Å². The summed E-state index contributed by atoms with van der Waals surface area (Å²) in [6.07, 6.45) is 0. The molecular weight excluding hydrogens is 424 g/mol. The second-order valence-corrected chi connectivity index (χ2v) is 7.02. The molecule has 12 heteroatoms. The van der Waals surface area contributed by atoms with Crippen molar-refractivity contribution in [3.05, 3.63) is 65.5 Å². The van der Waals surface area contributed by atoms with Crippen LogP contribution in [0.1, 0.15) is 23.9 Å². The first kappa shape index (κ1) is 20.9. The van der Waals surface area contributed by atoms with E-state index in [0.29, 0.717) is 16.8 Å². The smallest absolute Gasteiger partial charge is 0.387 e. The zero-order valence-electron chi connectivity index (χ0n) is 16.6. The maximum Gasteiger partial charge on any atom is 0.387 e. The van der Waals surface area contributed by atoms with Gasteiger partial charge in [0.25, 0.3) is 5.91 Å². The van der Waals surface area contributed by atoms with Crippen molar-refractivity contribution in [2.45, 2.75) is 25.6 Å². The van der Waals surface area contributed by atoms with E-state index in [0.717, 1.165) is 4.90 Å². The van der Waals surface area contributed by atoms with Crippen molar-refractivity contribution in [2.75, 3.05) is 0 Å². The molecule has 1 atom stereocenters. The molecule has 162 valence electrons. The Morgan fingerprint density at radius 1 is 1.22 bits per heavy atom. The van der Waals surface area contributed by atoms with Gasteiger partial charge in [-0.1, -0.05) is 12.1 Å². The van der Waals surface area contributed by atoms with E-state index in [1.54, 1.807) is 25.1 Å². The first-order valence-electron chi connectivity index (χ1n) is 9.29. The molecule has 1 aliphatic heterocycles. The van der Waals surface area contributed by atoms with Gasteiger partial charge in [-0.2, -0.15) is 18.7 Å². The number of aromatic nitrogens is 4. The predicted molar refractivity (Wildman–Crippen MR) is 103 cm³/mol. The Morgan fingerprint density at radius 2 is 1.97 bits per heavy atom. The molecule has 0 bridgehead atoms. The number of carbonyl (C=O) groups excluding carboxylic acids is 2. The summed E-state index contributed by atoms with van der Waals surface area (Å²) in [7, 11) is 0. The van der Waals surface area contributed by atoms with E-state index < -0.39 is 24.1 Å². The number of rotatable bonds is 6. The Balaban J connectivity index is 1.58. The molecule has 32 heavy (non-hydrogen) atoms. The number of nitrogens with one attached hydrogen (secondary N) is 1. The number of nitrogens with zero attached hydrogens (tertiary/aromatic N) is 6. The number of imide groups is 1. The molecule has 1 unspecified atom stereocenters. The summed E-state index contributed by atoms with van der Waals surface area (Å²) in [6.45, 7) is -1.64. The van der Waals surface area contributed by atoms with E-state index in [-0.39, 0.29) is 18.1 Å². The minimum atomic E-state index is -2.95. The minimum Gasteiger partial charge on any atom is -0.435 e. The summed E-state index contributed by atoms with van der Waals surface area (Å²) < 4.78 is 30.3. The Labute approximate surface area is 180 Å². The number of hydrogen-bond donors (Lipinski definition) is 1. The highest BCUT2D eigenvalue weighted by Crippen LogP contribution is 2.30. The standard InChI is InChI=1S/C20H15F2N7O3/c1-20(13-4-2-3-12(9-13)10-23)17(30)28(19(31)24-20)11-16-25-26-27-29(16)14-5-7-15(8-6-14)32-18(21)22/h2-9,18H,11H2,1H3,(H,24,31). The molecular formula is C20H15F2N7O3. The molecule has 0 aliphatic carbocycles. The van der Waals surface area contributed by atoms with Crippen LogP contribution in [0.25, 0.3) is 5.69 Å². The van der Waals surface area contributed by atoms with Gasteiger partial charge in [-0.15, -0.1) is 5.10 Å². The van der Waals surface area contributed by atoms with E-state index in [1.165, 1.54) is 35.0 Å². The minimum absolute atomic E-state index is 0.0390. The fourth-order valence-electron chi connectivity index (χ4n) is 3.35. The molecule has 1 N–H and O–H groups in total. The quantitative estimate of drug-likeness (QED) is 0.583. The molecule has 1 saturated heterocycles. The van der Waals surface area contributed by atoms with Gasteiger partial charge >= 0.3 is 12.6 Å². The summed E-state index contributed by atoms with van der Waals surface area (Å²) in [6, 6.07) is 13.3. The third-order valence-electron chi connectivity index (χ3n) is 4.98. The lowest BCUT2D eigenvalue weighted by atomic mass is 9.91. The second kappa shape index (κ2) is 8.03. The van der Waals surface area contributed by atoms with Gasteiger partial charge < -0.3 is 10.1 Å². The lowest BCUT2D eigenvalue weighted by molar-refractivity contribution is -0.131. The highest BCUT2D eigenvalue weighted by molar-refractivity contribution is 6.07. The molecule has 1 fully saturated rings. The van der Waals surface area contributed by atoms with Gasteiger partial charge in [0, 0.05) is 0 Å². The zero-order valence-corrected chi connectivity index (χ0v) is 16.6. The number of hydrogen-bond acceptors (Lipinski definition) is 7. The van der Waals surface area contributed by atoms with Crippen LogP contribution in [0.2, 0.25) is 0 Å². The number of halogens is 2. The topological polar surface area (TPSA) is 126 Å². The van der Waals surface area contributed by atoms with Crippen molar-refractivity contribution < 1.29 is 23.1 Å². The molecule has 10 nitrogen and oxygen atoms in total. The summed E-state index contributed by atoms with van der Waals surface area (Å²) in [5.74, 6) is -0.401. The summed E-state index contributed by atoms with van der Waals surface area (Å²) in [4.78, 5) is 26.7. The average molecular weight is 439 g/mol. The Hall–Kier alpha value is -4.40. The summed E-state index contributed by atoms with van der Waals surface area (Å²) in [5, 5.41) is 23.1. The van der Waals surface area contributed by atoms with Crippen molar-refractivity contribution in [1.29, 1.82) is 5.26 Å². The molecule has 1 aromatic heterocycles. The molecule has 0 radical (unpaired) electrons. The largest absolute Gasteiger partial charge is 0.435 e. The van der Waals surface area contributed by atoms with E-state index in [2.05, 4.69) is 25.6 Å². The van der Waals surface area contributed by atoms with Crippen molar-refractivity contribution in [3.63, 3.8) is 0 Å². The number of tetrazole rings is 1. The zero-order chi connectivity index (χ0) is 22.9. The monoisotopic (exact) mass is 439 g/mol. The van der Waals surface area contributed by atoms with Crippen molar-refractivity contribution in [3.8, 4) is 17.5 Å². The lowest BCUT2D eigenvalue weighted by Gasteiger charge is -2.22. The third-order valence-corrected chi connectivity index (χ3v) is 4.98. The normalized spacial score (nSPS) is 18.0. The van der Waals surface area contributed by atoms with E-state index >= 15 is 0 Å². The first-order chi connectivity index (χ1) is 15.3. The van der Waals surface area contributed by atoms with Crippen molar-refractivity contribution in [1.82, 2.24) is 30.4 Å². The summed E-state index contributed by atoms with van der Waals surface area (Å²) in [5.41, 5.74) is -0.126. The van der Waals surface area contributed by atoms with Crippen LogP contribution in [-0.2, 0) is 16.9 Å². The highest BCUT2D eigenvalue weighted by Gasteiger charge is 2.49. The Bertz CT molecular complexity index is 1220. The number of amides is 3. The van der Waals surface area contributed by atoms with Crippen LogP contribution in [-0.4, -0.2) is 43.7 Å². The Morgan fingerprint density at radius 3 is 2.66 bits per heavy atom. The lowest BCUT2D eigenvalue weighted by Crippen LogP contribution is -2.41. The molecule has 0 saturated carbocycles. The number of ether oxygens (including phenoxy) is 1. The fourth-order valence-corrected chi connectivity index (χ4v) is 3.35. The average Bonchev–Trinajstić information content (AvgIpc) is 3.33. The predicted octanol–water partition coefficient (Wildman–Crippen LogP) is 2.10. The van der Waals surface area contributed by atoms with Gasteiger partial charge in [0.15, 0.2) is 5.82 Å². The molecule has 2 aromatic carbocycles. The number of alkyl halides is 2. The Kier molecular flexibility index (Phi) is 5.23. The number of urea groups is 1. The molecule has 4 rings (SSSR count). The molecule has 0 spiro atoms. The van der Waals surface area contributed by atoms with Gasteiger partial charge in [-0.3, -0.25) is 9.69 Å². The van der Waals surface area contributed by atoms with Gasteiger partial charge in [0.2, 0.25) is 0 Å². The van der Waals surface area contributed by atoms with Crippen molar-refractivity contribution in [2.24, 2.45) is 0 Å². The molecule has 1 aliphatic rings. The van der Waals surface area contributed by atoms with Crippen LogP contribution < -0.4 is 10.1 Å². The second-order valence-electron chi connectivity index (χ2n) is 7.02. The molecule has 3 aromatic rings. The van der Waals surface area contributed by atoms with E-state index in [1.807, 2.05) is 6.07 Å². The third kappa shape index (κ3) is 3.71. The van der Waals surface area contributed by atoms with Crippen LogP contribution in [0, 0.1) is 11.3 Å². The maximum atomic E-state index is 13.2. The summed E-state index contributed by atoms with van der Waals surface area (Å²) >= 11 is 0. The SMILES string of the molecule is CC1(c2cccc(C#N)c2)NC(=O)N(Cc2nnnn2-c2ccc(OC(F)F)cc2)C1=O. The fraction of sp³-hybridized carbons (Fsp3) is 0.200. The van der Waals surface area contributed by atoms with Gasteiger partial charge in [0.1, 0.15) is 11.3 Å². The number of carbonyl (C=O) groups is 2. The van der Waals surface area contributed by atoms with E-state index in [9.17, 15) is 18.4 Å². The van der Waals surface area contributed by atoms with Gasteiger partial charge in [-0.25, -0.2) is 4.79 Å². The van der Waals surface area contributed by atoms with Crippen LogP contribution in [0.5, 0.6) is 5.75 Å². The molecule has 3 amide bonds. The van der Waals surface area contributed by atoms with Crippen LogP contribution in [0.3, 0.4) is 0 Å². The van der Waals surface area contributed by atoms with Crippen LogP contribution >= 0.6 is 0 Å². The van der Waals surface area contributed by atoms with E-state index in [4.69, 9.17) is 5.26 Å². The highest BCUT2D eigenvalue weighted by atomic mass is 19.3. The van der Waals surface area contributed by atoms with Crippen LogP contribution in [0.4, 0.5) is 13.6 Å².